The minimum absolute atomic E-state index is 0.184. The van der Waals surface area contributed by atoms with Gasteiger partial charge in [-0.2, -0.15) is 6.07 Å². The van der Waals surface area contributed by atoms with Crippen molar-refractivity contribution in [2.24, 2.45) is 0 Å². The van der Waals surface area contributed by atoms with Gasteiger partial charge in [0.05, 0.1) is 0 Å². The maximum atomic E-state index is 4.93. The third-order valence-electron chi connectivity index (χ3n) is 4.87. The van der Waals surface area contributed by atoms with Crippen molar-refractivity contribution in [1.29, 1.82) is 0 Å². The van der Waals surface area contributed by atoms with Crippen LogP contribution in [0.1, 0.15) is 56.4 Å². The van der Waals surface area contributed by atoms with E-state index in [1.807, 2.05) is 0 Å². The average Bonchev–Trinajstić information content (AvgIpc) is 2.99. The second kappa shape index (κ2) is 9.82. The molecule has 0 fully saturated rings. The van der Waals surface area contributed by atoms with Gasteiger partial charge in [-0.1, -0.05) is 74.6 Å². The fraction of sp³-hybridized carbons (Fsp3) is 0.375. The Morgan fingerprint density at radius 1 is 0.963 bits per heavy atom. The second-order valence-corrected chi connectivity index (χ2v) is 12.0. The van der Waals surface area contributed by atoms with Gasteiger partial charge in [0.15, 0.2) is 0 Å². The van der Waals surface area contributed by atoms with Gasteiger partial charge in [0.1, 0.15) is 0 Å². The molecule has 0 aliphatic carbocycles. The van der Waals surface area contributed by atoms with Crippen LogP contribution in [0.15, 0.2) is 42.5 Å². The molecule has 144 valence electrons. The van der Waals surface area contributed by atoms with Crippen molar-refractivity contribution in [2.75, 3.05) is 0 Å². The standard InChI is InChI=1S/C24H29.2ClH.Zr/c1-7-8-18-9-10-19-14-21(24(4,5)6)15-22(19)23(18)20-12-16(2)11-17(3)13-20;;;/h9-15H,7-8H2,1-6H3;2*1H;/q-1;;;+2/p-2. The summed E-state index contributed by atoms with van der Waals surface area (Å²) in [6.45, 7) is 13.5. The predicted molar refractivity (Wildman–Crippen MR) is 119 cm³/mol. The molecule has 3 aromatic carbocycles. The van der Waals surface area contributed by atoms with Crippen LogP contribution in [0.25, 0.3) is 21.9 Å². The number of aryl methyl sites for hydroxylation is 3. The number of benzene rings is 2. The number of halogens is 2. The Hall–Kier alpha value is -0.487. The molecule has 0 aliphatic rings. The van der Waals surface area contributed by atoms with Crippen molar-refractivity contribution in [2.45, 2.75) is 59.8 Å². The summed E-state index contributed by atoms with van der Waals surface area (Å²) in [6.07, 6.45) is 2.31. The third-order valence-corrected chi connectivity index (χ3v) is 4.87. The van der Waals surface area contributed by atoms with Gasteiger partial charge in [0.2, 0.25) is 0 Å². The summed E-state index contributed by atoms with van der Waals surface area (Å²) < 4.78 is 0. The molecule has 0 heterocycles. The quantitative estimate of drug-likeness (QED) is 0.331. The first-order valence-corrected chi connectivity index (χ1v) is 15.8. The first-order valence-electron chi connectivity index (χ1n) is 9.49. The Morgan fingerprint density at radius 3 is 2.07 bits per heavy atom. The molecule has 0 N–H and O–H groups in total. The summed E-state index contributed by atoms with van der Waals surface area (Å²) in [7, 11) is 9.87. The number of fused-ring (bicyclic) bond motifs is 1. The topological polar surface area (TPSA) is 0 Å². The van der Waals surface area contributed by atoms with Gasteiger partial charge < -0.3 is 0 Å². The first kappa shape index (κ1) is 22.8. The van der Waals surface area contributed by atoms with Crippen LogP contribution >= 0.6 is 17.0 Å². The zero-order chi connectivity index (χ0) is 20.2. The Morgan fingerprint density at radius 2 is 1.56 bits per heavy atom. The summed E-state index contributed by atoms with van der Waals surface area (Å²) in [6, 6.07) is 16.4. The van der Waals surface area contributed by atoms with Crippen LogP contribution < -0.4 is 0 Å². The molecule has 3 heteroatoms. The summed E-state index contributed by atoms with van der Waals surface area (Å²) in [5.41, 5.74) is 8.57. The van der Waals surface area contributed by atoms with Crippen molar-refractivity contribution in [3.8, 4) is 11.1 Å². The average molecular weight is 480 g/mol. The fourth-order valence-corrected chi connectivity index (χ4v) is 3.70. The van der Waals surface area contributed by atoms with Crippen molar-refractivity contribution < 1.29 is 20.8 Å². The molecule has 0 nitrogen and oxygen atoms in total. The molecule has 3 aromatic rings. The third kappa shape index (κ3) is 5.75. The van der Waals surface area contributed by atoms with Crippen LogP contribution in [0.5, 0.6) is 0 Å². The van der Waals surface area contributed by atoms with Crippen molar-refractivity contribution in [3.05, 3.63) is 64.7 Å². The summed E-state index contributed by atoms with van der Waals surface area (Å²) >= 11 is -0.826. The summed E-state index contributed by atoms with van der Waals surface area (Å²) in [5, 5.41) is 2.78. The van der Waals surface area contributed by atoms with Crippen LogP contribution in [0.3, 0.4) is 0 Å². The van der Waals surface area contributed by atoms with E-state index in [2.05, 4.69) is 84.0 Å². The molecule has 0 spiro atoms. The van der Waals surface area contributed by atoms with Gasteiger partial charge in [-0.3, -0.25) is 0 Å². The minimum atomic E-state index is -0.826. The van der Waals surface area contributed by atoms with Crippen molar-refractivity contribution in [3.63, 3.8) is 0 Å². The molecule has 0 aliphatic heterocycles. The number of hydrogen-bond acceptors (Lipinski definition) is 0. The summed E-state index contributed by atoms with van der Waals surface area (Å²) in [5.74, 6) is 0. The van der Waals surface area contributed by atoms with E-state index in [4.69, 9.17) is 17.0 Å². The zero-order valence-electron chi connectivity index (χ0n) is 17.2. The van der Waals surface area contributed by atoms with Crippen molar-refractivity contribution >= 4 is 27.8 Å². The first-order chi connectivity index (χ1) is 12.7. The van der Waals surface area contributed by atoms with E-state index in [-0.39, 0.29) is 5.41 Å². The SMILES string of the molecule is CCCc1ccc2[cH-]c(C(C)(C)C)cc2c1-c1cc(C)cc(C)c1.[Cl][Zr][Cl]. The van der Waals surface area contributed by atoms with E-state index in [1.165, 1.54) is 50.6 Å². The van der Waals surface area contributed by atoms with Gasteiger partial charge in [-0.15, -0.1) is 34.5 Å². The maximum absolute atomic E-state index is 4.93. The van der Waals surface area contributed by atoms with E-state index in [0.29, 0.717) is 0 Å². The zero-order valence-corrected chi connectivity index (χ0v) is 21.2. The molecule has 0 atom stereocenters. The Balaban J connectivity index is 0.000000817. The van der Waals surface area contributed by atoms with Gasteiger partial charge in [0, 0.05) is 0 Å². The summed E-state index contributed by atoms with van der Waals surface area (Å²) in [4.78, 5) is 0. The van der Waals surface area contributed by atoms with Gasteiger partial charge in [0.25, 0.3) is 0 Å². The van der Waals surface area contributed by atoms with E-state index >= 15 is 0 Å². The van der Waals surface area contributed by atoms with E-state index in [0.717, 1.165) is 6.42 Å². The fourth-order valence-electron chi connectivity index (χ4n) is 3.70. The van der Waals surface area contributed by atoms with Crippen LogP contribution in [-0.2, 0) is 32.7 Å². The van der Waals surface area contributed by atoms with E-state index in [1.54, 1.807) is 0 Å². The van der Waals surface area contributed by atoms with E-state index < -0.39 is 20.8 Å². The molecule has 0 unspecified atom stereocenters. The molecule has 0 saturated carbocycles. The van der Waals surface area contributed by atoms with Crippen LogP contribution in [-0.4, -0.2) is 0 Å². The molecule has 0 aromatic heterocycles. The molecule has 0 bridgehead atoms. The van der Waals surface area contributed by atoms with Crippen LogP contribution in [0.4, 0.5) is 0 Å². The van der Waals surface area contributed by atoms with Gasteiger partial charge >= 0.3 is 37.9 Å². The predicted octanol–water partition coefficient (Wildman–Crippen LogP) is 8.47. The molecule has 3 rings (SSSR count). The number of rotatable bonds is 3. The molecule has 0 amide bonds. The monoisotopic (exact) mass is 477 g/mol. The Kier molecular flexibility index (Phi) is 8.29. The van der Waals surface area contributed by atoms with Gasteiger partial charge in [-0.05, 0) is 31.2 Å². The molecular formula is C24H29Cl2Zr-. The molecule has 0 saturated heterocycles. The Bertz CT molecular complexity index is 880. The molecule has 27 heavy (non-hydrogen) atoms. The van der Waals surface area contributed by atoms with Gasteiger partial charge in [-0.25, -0.2) is 0 Å². The van der Waals surface area contributed by atoms with Crippen molar-refractivity contribution in [1.82, 2.24) is 0 Å². The van der Waals surface area contributed by atoms with Crippen LogP contribution in [0, 0.1) is 13.8 Å². The second-order valence-electron chi connectivity index (χ2n) is 8.29. The normalized spacial score (nSPS) is 11.3. The molecular weight excluding hydrogens is 450 g/mol. The number of hydrogen-bond donors (Lipinski definition) is 0. The van der Waals surface area contributed by atoms with Crippen LogP contribution in [0.2, 0.25) is 0 Å². The Labute approximate surface area is 183 Å². The van der Waals surface area contributed by atoms with E-state index in [9.17, 15) is 0 Å². The molecule has 0 radical (unpaired) electrons.